The minimum atomic E-state index is -1.48. The van der Waals surface area contributed by atoms with Gasteiger partial charge in [-0.25, -0.2) is 0 Å². The van der Waals surface area contributed by atoms with Gasteiger partial charge in [-0.2, -0.15) is 0 Å². The molecule has 2 rings (SSSR count). The molecule has 0 aliphatic carbocycles. The quantitative estimate of drug-likeness (QED) is 0.669. The van der Waals surface area contributed by atoms with Crippen LogP contribution >= 0.6 is 0 Å². The van der Waals surface area contributed by atoms with Crippen LogP contribution in [0.15, 0.2) is 54.6 Å². The van der Waals surface area contributed by atoms with E-state index in [-0.39, 0.29) is 0 Å². The van der Waals surface area contributed by atoms with Crippen LogP contribution in [0.2, 0.25) is 13.1 Å². The molecule has 0 aliphatic rings. The summed E-state index contributed by atoms with van der Waals surface area (Å²) in [5.41, 5.74) is 0. The molecule has 0 aromatic heterocycles. The summed E-state index contributed by atoms with van der Waals surface area (Å²) in [6, 6.07) is 22.3. The SMILES string of the molecule is C[Si](C)(c1cc[c]cc1)c1ccccc1. The molecule has 75 valence electrons. The zero-order chi connectivity index (χ0) is 10.7. The van der Waals surface area contributed by atoms with Gasteiger partial charge in [0.05, 0.1) is 0 Å². The van der Waals surface area contributed by atoms with Crippen molar-refractivity contribution in [2.24, 2.45) is 0 Å². The molecular weight excluding hydrogens is 196 g/mol. The monoisotopic (exact) mass is 211 g/mol. The lowest BCUT2D eigenvalue weighted by Gasteiger charge is -2.23. The average Bonchev–Trinajstić information content (AvgIpc) is 2.31. The smallest absolute Gasteiger partial charge is 0.0626 e. The lowest BCUT2D eigenvalue weighted by molar-refractivity contribution is 1.66. The number of benzene rings is 2. The maximum Gasteiger partial charge on any atom is 0.112 e. The zero-order valence-electron chi connectivity index (χ0n) is 9.20. The topological polar surface area (TPSA) is 0 Å². The summed E-state index contributed by atoms with van der Waals surface area (Å²) >= 11 is 0. The van der Waals surface area contributed by atoms with E-state index >= 15 is 0 Å². The second kappa shape index (κ2) is 4.03. The lowest BCUT2D eigenvalue weighted by atomic mass is 10.4. The van der Waals surface area contributed by atoms with Gasteiger partial charge in [-0.15, -0.1) is 0 Å². The Morgan fingerprint density at radius 2 is 1.33 bits per heavy atom. The first-order valence-corrected chi connectivity index (χ1v) is 8.23. The molecule has 1 heteroatoms. The van der Waals surface area contributed by atoms with E-state index in [1.54, 1.807) is 0 Å². The molecule has 0 N–H and O–H groups in total. The van der Waals surface area contributed by atoms with Gasteiger partial charge in [0.25, 0.3) is 0 Å². The van der Waals surface area contributed by atoms with Crippen LogP contribution in [0.25, 0.3) is 0 Å². The summed E-state index contributed by atoms with van der Waals surface area (Å²) in [7, 11) is -1.48. The Labute approximate surface area is 92.6 Å². The van der Waals surface area contributed by atoms with Crippen LogP contribution in [-0.4, -0.2) is 8.07 Å². The van der Waals surface area contributed by atoms with Crippen molar-refractivity contribution in [3.8, 4) is 0 Å². The molecule has 0 unspecified atom stereocenters. The van der Waals surface area contributed by atoms with Crippen LogP contribution in [0.4, 0.5) is 0 Å². The van der Waals surface area contributed by atoms with Gasteiger partial charge in [-0.3, -0.25) is 0 Å². The van der Waals surface area contributed by atoms with Gasteiger partial charge in [0.2, 0.25) is 0 Å². The first kappa shape index (κ1) is 10.2. The highest BCUT2D eigenvalue weighted by molar-refractivity contribution is 7.00. The van der Waals surface area contributed by atoms with Crippen molar-refractivity contribution in [3.63, 3.8) is 0 Å². The van der Waals surface area contributed by atoms with E-state index in [0.29, 0.717) is 0 Å². The minimum Gasteiger partial charge on any atom is -0.0626 e. The summed E-state index contributed by atoms with van der Waals surface area (Å²) < 4.78 is 0. The van der Waals surface area contributed by atoms with Gasteiger partial charge in [-0.05, 0) is 6.07 Å². The molecule has 1 radical (unpaired) electrons. The van der Waals surface area contributed by atoms with E-state index in [9.17, 15) is 0 Å². The molecule has 0 nitrogen and oxygen atoms in total. The van der Waals surface area contributed by atoms with Crippen molar-refractivity contribution in [1.82, 2.24) is 0 Å². The highest BCUT2D eigenvalue weighted by Crippen LogP contribution is 2.03. The molecule has 0 aliphatic heterocycles. The third-order valence-electron chi connectivity index (χ3n) is 2.94. The Morgan fingerprint density at radius 3 is 1.93 bits per heavy atom. The zero-order valence-corrected chi connectivity index (χ0v) is 10.2. The van der Waals surface area contributed by atoms with Crippen molar-refractivity contribution in [2.45, 2.75) is 13.1 Å². The van der Waals surface area contributed by atoms with Crippen LogP contribution in [0.3, 0.4) is 0 Å². The largest absolute Gasteiger partial charge is 0.112 e. The Morgan fingerprint density at radius 1 is 0.800 bits per heavy atom. The molecule has 2 aromatic rings. The van der Waals surface area contributed by atoms with Crippen LogP contribution in [-0.2, 0) is 0 Å². The first-order valence-electron chi connectivity index (χ1n) is 5.23. The van der Waals surface area contributed by atoms with Crippen LogP contribution in [0.5, 0.6) is 0 Å². The van der Waals surface area contributed by atoms with Gasteiger partial charge in [0.1, 0.15) is 8.07 Å². The van der Waals surface area contributed by atoms with E-state index in [4.69, 9.17) is 0 Å². The first-order chi connectivity index (χ1) is 7.21. The summed E-state index contributed by atoms with van der Waals surface area (Å²) in [4.78, 5) is 0. The minimum absolute atomic E-state index is 1.47. The fourth-order valence-corrected chi connectivity index (χ4v) is 4.18. The maximum absolute atomic E-state index is 3.08. The molecule has 0 amide bonds. The fraction of sp³-hybridized carbons (Fsp3) is 0.143. The number of hydrogen-bond donors (Lipinski definition) is 0. The number of rotatable bonds is 2. The highest BCUT2D eigenvalue weighted by Gasteiger charge is 2.24. The van der Waals surface area contributed by atoms with E-state index < -0.39 is 8.07 Å². The van der Waals surface area contributed by atoms with Crippen molar-refractivity contribution < 1.29 is 0 Å². The van der Waals surface area contributed by atoms with Gasteiger partial charge in [0.15, 0.2) is 0 Å². The van der Waals surface area contributed by atoms with Gasteiger partial charge in [-0.1, -0.05) is 78.1 Å². The second-order valence-electron chi connectivity index (χ2n) is 4.28. The maximum atomic E-state index is 3.08. The Hall–Kier alpha value is -1.34. The van der Waals surface area contributed by atoms with Crippen LogP contribution in [0, 0.1) is 6.07 Å². The lowest BCUT2D eigenvalue weighted by Crippen LogP contribution is -2.52. The van der Waals surface area contributed by atoms with Crippen molar-refractivity contribution in [3.05, 3.63) is 60.7 Å². The molecule has 0 saturated heterocycles. The molecule has 2 aromatic carbocycles. The van der Waals surface area contributed by atoms with E-state index in [1.165, 1.54) is 10.4 Å². The normalized spacial score (nSPS) is 11.3. The van der Waals surface area contributed by atoms with Crippen molar-refractivity contribution in [1.29, 1.82) is 0 Å². The summed E-state index contributed by atoms with van der Waals surface area (Å²) in [5.74, 6) is 0. The fourth-order valence-electron chi connectivity index (χ4n) is 1.83. The Balaban J connectivity index is 2.44. The summed E-state index contributed by atoms with van der Waals surface area (Å²) in [5, 5.41) is 2.95. The van der Waals surface area contributed by atoms with E-state index in [0.717, 1.165) is 0 Å². The molecule has 0 bridgehead atoms. The highest BCUT2D eigenvalue weighted by atomic mass is 28.3. The molecule has 0 fully saturated rings. The molecule has 0 saturated carbocycles. The third-order valence-corrected chi connectivity index (χ3v) is 6.49. The van der Waals surface area contributed by atoms with E-state index in [1.807, 2.05) is 12.1 Å². The Bertz CT molecular complexity index is 376. The van der Waals surface area contributed by atoms with Crippen LogP contribution < -0.4 is 10.4 Å². The second-order valence-corrected chi connectivity index (χ2v) is 8.68. The summed E-state index contributed by atoms with van der Waals surface area (Å²) in [6.07, 6.45) is 0. The molecule has 0 heterocycles. The van der Waals surface area contributed by atoms with Gasteiger partial charge >= 0.3 is 0 Å². The van der Waals surface area contributed by atoms with Gasteiger partial charge < -0.3 is 0 Å². The van der Waals surface area contributed by atoms with Crippen LogP contribution in [0.1, 0.15) is 0 Å². The molecule has 0 atom stereocenters. The predicted molar refractivity (Wildman–Crippen MR) is 68.5 cm³/mol. The van der Waals surface area contributed by atoms with Crippen molar-refractivity contribution >= 4 is 18.4 Å². The van der Waals surface area contributed by atoms with Crippen molar-refractivity contribution in [2.75, 3.05) is 0 Å². The number of hydrogen-bond acceptors (Lipinski definition) is 0. The molecular formula is C14H15Si. The third kappa shape index (κ3) is 2.02. The molecule has 0 spiro atoms. The molecule has 15 heavy (non-hydrogen) atoms. The predicted octanol–water partition coefficient (Wildman–Crippen LogP) is 2.31. The standard InChI is InChI=1S/C14H15Si/c1-15(2,13-9-5-3-6-10-13)14-11-7-4-8-12-14/h3,5-12H,1-2H3. The van der Waals surface area contributed by atoms with E-state index in [2.05, 4.69) is 61.6 Å². The summed E-state index contributed by atoms with van der Waals surface area (Å²) in [6.45, 7) is 4.77. The van der Waals surface area contributed by atoms with Gasteiger partial charge in [0, 0.05) is 0 Å². The Kier molecular flexibility index (Phi) is 2.74. The average molecular weight is 211 g/mol.